The number of benzene rings is 1. The van der Waals surface area contributed by atoms with Crippen LogP contribution in [0, 0.1) is 0 Å². The van der Waals surface area contributed by atoms with Gasteiger partial charge in [-0.15, -0.1) is 0 Å². The van der Waals surface area contributed by atoms with Gasteiger partial charge in [0.15, 0.2) is 0 Å². The molecule has 3 rings (SSSR count). The second-order valence-electron chi connectivity index (χ2n) is 7.51. The SMILES string of the molecule is CC(C)N(C(=O)CN1C(=O)NC2(CCCCCC2)C1=O)c1ccccc1. The van der Waals surface area contributed by atoms with E-state index in [0.717, 1.165) is 36.3 Å². The van der Waals surface area contributed by atoms with Gasteiger partial charge in [-0.1, -0.05) is 43.9 Å². The number of carbonyl (C=O) groups excluding carboxylic acids is 3. The first-order valence-corrected chi connectivity index (χ1v) is 9.46. The zero-order valence-electron chi connectivity index (χ0n) is 15.5. The van der Waals surface area contributed by atoms with E-state index in [4.69, 9.17) is 0 Å². The van der Waals surface area contributed by atoms with E-state index < -0.39 is 11.6 Å². The maximum atomic E-state index is 13.0. The van der Waals surface area contributed by atoms with Gasteiger partial charge in [-0.2, -0.15) is 0 Å². The third-order valence-electron chi connectivity index (χ3n) is 5.32. The quantitative estimate of drug-likeness (QED) is 0.842. The Hall–Kier alpha value is -2.37. The Morgan fingerprint density at radius 3 is 2.31 bits per heavy atom. The van der Waals surface area contributed by atoms with Gasteiger partial charge in [0, 0.05) is 11.7 Å². The van der Waals surface area contributed by atoms with Crippen molar-refractivity contribution >= 4 is 23.5 Å². The number of amides is 4. The second kappa shape index (κ2) is 7.48. The van der Waals surface area contributed by atoms with Gasteiger partial charge in [-0.05, 0) is 38.8 Å². The van der Waals surface area contributed by atoms with Gasteiger partial charge < -0.3 is 10.2 Å². The minimum absolute atomic E-state index is 0.0718. The minimum atomic E-state index is -0.802. The Labute approximate surface area is 154 Å². The number of rotatable bonds is 4. The van der Waals surface area contributed by atoms with Crippen LogP contribution in [0.3, 0.4) is 0 Å². The van der Waals surface area contributed by atoms with E-state index in [-0.39, 0.29) is 24.4 Å². The fourth-order valence-electron chi connectivity index (χ4n) is 4.02. The van der Waals surface area contributed by atoms with Crippen molar-refractivity contribution in [3.05, 3.63) is 30.3 Å². The number of imide groups is 1. The van der Waals surface area contributed by atoms with Crippen molar-refractivity contribution in [2.75, 3.05) is 11.4 Å². The van der Waals surface area contributed by atoms with Gasteiger partial charge in [0.2, 0.25) is 5.91 Å². The molecule has 2 fully saturated rings. The largest absolute Gasteiger partial charge is 0.325 e. The van der Waals surface area contributed by atoms with Gasteiger partial charge in [0.1, 0.15) is 12.1 Å². The highest BCUT2D eigenvalue weighted by Gasteiger charge is 2.51. The van der Waals surface area contributed by atoms with Crippen LogP contribution in [-0.4, -0.2) is 40.9 Å². The summed E-state index contributed by atoms with van der Waals surface area (Å²) < 4.78 is 0. The Morgan fingerprint density at radius 2 is 1.73 bits per heavy atom. The summed E-state index contributed by atoms with van der Waals surface area (Å²) in [5, 5.41) is 2.89. The molecule has 1 saturated carbocycles. The molecule has 0 radical (unpaired) electrons. The van der Waals surface area contributed by atoms with Crippen molar-refractivity contribution in [3.63, 3.8) is 0 Å². The van der Waals surface area contributed by atoms with Gasteiger partial charge in [-0.3, -0.25) is 14.5 Å². The number of urea groups is 1. The molecule has 1 aliphatic carbocycles. The van der Waals surface area contributed by atoms with Crippen molar-refractivity contribution in [2.45, 2.75) is 64.0 Å². The lowest BCUT2D eigenvalue weighted by atomic mass is 9.90. The lowest BCUT2D eigenvalue weighted by Gasteiger charge is -2.29. The molecule has 1 aliphatic heterocycles. The molecule has 2 aliphatic rings. The molecule has 140 valence electrons. The lowest BCUT2D eigenvalue weighted by molar-refractivity contribution is -0.134. The van der Waals surface area contributed by atoms with Gasteiger partial charge in [0.05, 0.1) is 0 Å². The van der Waals surface area contributed by atoms with Crippen LogP contribution in [0.15, 0.2) is 30.3 Å². The lowest BCUT2D eigenvalue weighted by Crippen LogP contribution is -2.48. The fourth-order valence-corrected chi connectivity index (χ4v) is 4.02. The molecule has 0 unspecified atom stereocenters. The van der Waals surface area contributed by atoms with Crippen molar-refractivity contribution in [2.24, 2.45) is 0 Å². The van der Waals surface area contributed by atoms with E-state index in [1.807, 2.05) is 44.2 Å². The molecule has 26 heavy (non-hydrogen) atoms. The average molecular weight is 357 g/mol. The zero-order valence-corrected chi connectivity index (χ0v) is 15.5. The number of para-hydroxylation sites is 1. The van der Waals surface area contributed by atoms with Gasteiger partial charge in [0.25, 0.3) is 5.91 Å². The predicted octanol–water partition coefficient (Wildman–Crippen LogP) is 3.07. The van der Waals surface area contributed by atoms with E-state index in [2.05, 4.69) is 5.32 Å². The van der Waals surface area contributed by atoms with Crippen molar-refractivity contribution in [3.8, 4) is 0 Å². The predicted molar refractivity (Wildman–Crippen MR) is 99.7 cm³/mol. The second-order valence-corrected chi connectivity index (χ2v) is 7.51. The topological polar surface area (TPSA) is 69.7 Å². The van der Waals surface area contributed by atoms with Crippen molar-refractivity contribution in [1.82, 2.24) is 10.2 Å². The summed E-state index contributed by atoms with van der Waals surface area (Å²) >= 11 is 0. The number of nitrogens with one attached hydrogen (secondary N) is 1. The van der Waals surface area contributed by atoms with Gasteiger partial charge >= 0.3 is 6.03 Å². The minimum Gasteiger partial charge on any atom is -0.323 e. The zero-order chi connectivity index (χ0) is 18.7. The highest BCUT2D eigenvalue weighted by molar-refractivity contribution is 6.10. The average Bonchev–Trinajstić information content (AvgIpc) is 2.78. The highest BCUT2D eigenvalue weighted by Crippen LogP contribution is 2.32. The van der Waals surface area contributed by atoms with Crippen LogP contribution in [0.1, 0.15) is 52.4 Å². The van der Waals surface area contributed by atoms with Gasteiger partial charge in [-0.25, -0.2) is 4.79 Å². The van der Waals surface area contributed by atoms with Crippen LogP contribution in [0.4, 0.5) is 10.5 Å². The molecule has 1 spiro atoms. The summed E-state index contributed by atoms with van der Waals surface area (Å²) in [4.78, 5) is 41.1. The third kappa shape index (κ3) is 3.45. The standard InChI is InChI=1S/C20H27N3O3/c1-15(2)23(16-10-6-5-7-11-16)17(24)14-22-18(25)20(21-19(22)26)12-8-3-4-9-13-20/h5-7,10-11,15H,3-4,8-9,12-14H2,1-2H3,(H,21,26). The number of hydrogen-bond donors (Lipinski definition) is 1. The monoisotopic (exact) mass is 357 g/mol. The molecule has 6 nitrogen and oxygen atoms in total. The molecule has 0 bridgehead atoms. The molecule has 0 atom stereocenters. The molecular formula is C20H27N3O3. The molecule has 1 aromatic carbocycles. The van der Waals surface area contributed by atoms with Crippen molar-refractivity contribution < 1.29 is 14.4 Å². The first-order chi connectivity index (χ1) is 12.4. The normalized spacial score (nSPS) is 19.6. The van der Waals surface area contributed by atoms with Crippen molar-refractivity contribution in [1.29, 1.82) is 0 Å². The molecule has 4 amide bonds. The molecule has 0 aromatic heterocycles. The molecule has 1 aromatic rings. The maximum absolute atomic E-state index is 13.0. The summed E-state index contributed by atoms with van der Waals surface area (Å²) in [6, 6.07) is 8.82. The number of hydrogen-bond acceptors (Lipinski definition) is 3. The van der Waals surface area contributed by atoms with E-state index in [1.165, 1.54) is 0 Å². The van der Waals surface area contributed by atoms with Crippen LogP contribution >= 0.6 is 0 Å². The fraction of sp³-hybridized carbons (Fsp3) is 0.550. The summed E-state index contributed by atoms with van der Waals surface area (Å²) in [5.41, 5.74) is -0.0350. The maximum Gasteiger partial charge on any atom is 0.325 e. The first-order valence-electron chi connectivity index (χ1n) is 9.46. The third-order valence-corrected chi connectivity index (χ3v) is 5.32. The van der Waals surface area contributed by atoms with Crippen LogP contribution in [-0.2, 0) is 9.59 Å². The smallest absolute Gasteiger partial charge is 0.323 e. The van der Waals surface area contributed by atoms with E-state index >= 15 is 0 Å². The Bertz CT molecular complexity index is 679. The molecule has 1 saturated heterocycles. The van der Waals surface area contributed by atoms with E-state index in [0.29, 0.717) is 12.8 Å². The Kier molecular flexibility index (Phi) is 5.30. The van der Waals surface area contributed by atoms with Crippen LogP contribution in [0.5, 0.6) is 0 Å². The number of nitrogens with zero attached hydrogens (tertiary/aromatic N) is 2. The van der Waals surface area contributed by atoms with E-state index in [9.17, 15) is 14.4 Å². The molecule has 6 heteroatoms. The van der Waals surface area contributed by atoms with Crippen LogP contribution in [0.25, 0.3) is 0 Å². The Balaban J connectivity index is 1.78. The number of carbonyl (C=O) groups is 3. The summed E-state index contributed by atoms with van der Waals surface area (Å²) in [7, 11) is 0. The highest BCUT2D eigenvalue weighted by atomic mass is 16.2. The Morgan fingerprint density at radius 1 is 1.12 bits per heavy atom. The van der Waals surface area contributed by atoms with Crippen LogP contribution in [0.2, 0.25) is 0 Å². The summed E-state index contributed by atoms with van der Waals surface area (Å²) in [5.74, 6) is -0.491. The molecular weight excluding hydrogens is 330 g/mol. The molecule has 1 heterocycles. The van der Waals surface area contributed by atoms with E-state index in [1.54, 1.807) is 4.90 Å². The summed E-state index contributed by atoms with van der Waals surface area (Å²) in [6.07, 6.45) is 5.34. The molecule has 1 N–H and O–H groups in total. The summed E-state index contributed by atoms with van der Waals surface area (Å²) in [6.45, 7) is 3.62. The van der Waals surface area contributed by atoms with Crippen LogP contribution < -0.4 is 10.2 Å². The number of anilines is 1. The first kappa shape index (κ1) is 18.4.